The third-order valence-electron chi connectivity index (χ3n) is 5.00. The number of piperazine rings is 1. The highest BCUT2D eigenvalue weighted by molar-refractivity contribution is 5.91. The lowest BCUT2D eigenvalue weighted by atomic mass is 10.1. The first-order valence-electron chi connectivity index (χ1n) is 8.95. The Bertz CT molecular complexity index is 1070. The van der Waals surface area contributed by atoms with E-state index in [1.165, 1.54) is 11.1 Å². The van der Waals surface area contributed by atoms with Gasteiger partial charge in [0.05, 0.1) is 17.4 Å². The minimum absolute atomic E-state index is 0.896. The van der Waals surface area contributed by atoms with Gasteiger partial charge in [-0.1, -0.05) is 18.2 Å². The Morgan fingerprint density at radius 1 is 0.885 bits per heavy atom. The fourth-order valence-corrected chi connectivity index (χ4v) is 3.69. The molecule has 0 spiro atoms. The van der Waals surface area contributed by atoms with Gasteiger partial charge < -0.3 is 9.80 Å². The maximum atomic E-state index is 4.72. The highest BCUT2D eigenvalue weighted by Gasteiger charge is 2.20. The number of rotatable bonds is 2. The number of imidazole rings is 1. The van der Waals surface area contributed by atoms with E-state index in [-0.39, 0.29) is 0 Å². The van der Waals surface area contributed by atoms with E-state index in [0.29, 0.717) is 0 Å². The molecule has 6 heteroatoms. The molecule has 0 bridgehead atoms. The average Bonchev–Trinajstić information content (AvgIpc) is 3.07. The molecule has 0 N–H and O–H groups in total. The monoisotopic (exact) mass is 344 g/mol. The van der Waals surface area contributed by atoms with Crippen LogP contribution in [0.3, 0.4) is 0 Å². The lowest BCUT2D eigenvalue weighted by Crippen LogP contribution is -2.47. The van der Waals surface area contributed by atoms with Crippen molar-refractivity contribution in [3.05, 3.63) is 60.6 Å². The fourth-order valence-electron chi connectivity index (χ4n) is 3.69. The zero-order chi connectivity index (χ0) is 17.5. The minimum Gasteiger partial charge on any atom is -0.367 e. The normalized spacial score (nSPS) is 15.1. The van der Waals surface area contributed by atoms with Gasteiger partial charge in [0.25, 0.3) is 0 Å². The summed E-state index contributed by atoms with van der Waals surface area (Å²) >= 11 is 0. The number of hydrogen-bond acceptors (Lipinski definition) is 5. The van der Waals surface area contributed by atoms with Crippen molar-refractivity contribution in [2.75, 3.05) is 36.0 Å². The molecule has 130 valence electrons. The van der Waals surface area contributed by atoms with Gasteiger partial charge in [-0.25, -0.2) is 9.50 Å². The van der Waals surface area contributed by atoms with Crippen LogP contribution >= 0.6 is 0 Å². The Morgan fingerprint density at radius 3 is 2.58 bits per heavy atom. The molecule has 0 radical (unpaired) electrons. The number of para-hydroxylation sites is 1. The van der Waals surface area contributed by atoms with Crippen LogP contribution in [-0.2, 0) is 0 Å². The first-order valence-corrected chi connectivity index (χ1v) is 8.95. The van der Waals surface area contributed by atoms with Crippen molar-refractivity contribution in [1.29, 1.82) is 0 Å². The van der Waals surface area contributed by atoms with E-state index in [9.17, 15) is 0 Å². The third-order valence-corrected chi connectivity index (χ3v) is 5.00. The fraction of sp³-hybridized carbons (Fsp3) is 0.250. The summed E-state index contributed by atoms with van der Waals surface area (Å²) in [5, 5.41) is 5.94. The Hall–Kier alpha value is -3.15. The van der Waals surface area contributed by atoms with Gasteiger partial charge in [0.2, 0.25) is 0 Å². The number of anilines is 2. The second kappa shape index (κ2) is 5.98. The maximum Gasteiger partial charge on any atom is 0.153 e. The summed E-state index contributed by atoms with van der Waals surface area (Å²) in [6.45, 7) is 5.82. The van der Waals surface area contributed by atoms with Gasteiger partial charge in [-0.15, -0.1) is 5.10 Å². The van der Waals surface area contributed by atoms with E-state index in [1.807, 2.05) is 36.0 Å². The van der Waals surface area contributed by atoms with Gasteiger partial charge in [-0.05, 0) is 31.2 Å². The van der Waals surface area contributed by atoms with E-state index in [2.05, 4.69) is 50.1 Å². The minimum atomic E-state index is 0.896. The van der Waals surface area contributed by atoms with Crippen molar-refractivity contribution in [2.45, 2.75) is 6.92 Å². The van der Waals surface area contributed by atoms with E-state index in [1.54, 1.807) is 0 Å². The number of fused-ring (bicyclic) bond motifs is 2. The predicted molar refractivity (Wildman–Crippen MR) is 104 cm³/mol. The Kier molecular flexibility index (Phi) is 3.48. The quantitative estimate of drug-likeness (QED) is 0.560. The highest BCUT2D eigenvalue weighted by Crippen LogP contribution is 2.26. The topological polar surface area (TPSA) is 49.6 Å². The average molecular weight is 344 g/mol. The van der Waals surface area contributed by atoms with Gasteiger partial charge in [0, 0.05) is 43.4 Å². The van der Waals surface area contributed by atoms with Crippen molar-refractivity contribution in [2.24, 2.45) is 0 Å². The van der Waals surface area contributed by atoms with Crippen LogP contribution in [0.25, 0.3) is 16.6 Å². The molecule has 1 saturated heterocycles. The Balaban J connectivity index is 1.38. The van der Waals surface area contributed by atoms with Crippen molar-refractivity contribution in [3.63, 3.8) is 0 Å². The van der Waals surface area contributed by atoms with Crippen LogP contribution in [0.1, 0.15) is 5.69 Å². The molecule has 6 nitrogen and oxygen atoms in total. The molecule has 4 heterocycles. The van der Waals surface area contributed by atoms with E-state index in [0.717, 1.165) is 48.9 Å². The second-order valence-corrected chi connectivity index (χ2v) is 6.70. The summed E-state index contributed by atoms with van der Waals surface area (Å²) in [5.74, 6) is 1.01. The number of aryl methyl sites for hydroxylation is 1. The number of benzene rings is 1. The maximum absolute atomic E-state index is 4.72. The van der Waals surface area contributed by atoms with Crippen LogP contribution in [-0.4, -0.2) is 45.8 Å². The molecule has 4 aromatic rings. The molecule has 1 fully saturated rings. The summed E-state index contributed by atoms with van der Waals surface area (Å²) in [6.07, 6.45) is 3.87. The van der Waals surface area contributed by atoms with Crippen LogP contribution in [0.5, 0.6) is 0 Å². The smallest absolute Gasteiger partial charge is 0.153 e. The zero-order valence-electron chi connectivity index (χ0n) is 14.7. The van der Waals surface area contributed by atoms with Crippen LogP contribution in [0, 0.1) is 6.92 Å². The van der Waals surface area contributed by atoms with Crippen LogP contribution in [0.15, 0.2) is 54.9 Å². The van der Waals surface area contributed by atoms with Crippen molar-refractivity contribution >= 4 is 28.1 Å². The molecule has 0 unspecified atom stereocenters. The van der Waals surface area contributed by atoms with Crippen LogP contribution in [0.4, 0.5) is 11.5 Å². The largest absolute Gasteiger partial charge is 0.367 e. The molecule has 1 aromatic carbocycles. The molecular formula is C20H20N6. The van der Waals surface area contributed by atoms with Gasteiger partial charge in [0.1, 0.15) is 5.82 Å². The number of nitrogens with zero attached hydrogens (tertiary/aromatic N) is 6. The molecule has 1 aliphatic heterocycles. The van der Waals surface area contributed by atoms with Crippen molar-refractivity contribution < 1.29 is 0 Å². The third kappa shape index (κ3) is 2.54. The molecule has 3 aromatic heterocycles. The lowest BCUT2D eigenvalue weighted by Gasteiger charge is -2.37. The molecule has 0 aliphatic carbocycles. The molecule has 5 rings (SSSR count). The van der Waals surface area contributed by atoms with E-state index < -0.39 is 0 Å². The van der Waals surface area contributed by atoms with Crippen LogP contribution in [0.2, 0.25) is 0 Å². The predicted octanol–water partition coefficient (Wildman–Crippen LogP) is 2.91. The molecule has 0 amide bonds. The van der Waals surface area contributed by atoms with Crippen molar-refractivity contribution in [3.8, 4) is 0 Å². The number of hydrogen-bond donors (Lipinski definition) is 0. The second-order valence-electron chi connectivity index (χ2n) is 6.70. The summed E-state index contributed by atoms with van der Waals surface area (Å²) in [7, 11) is 0. The lowest BCUT2D eigenvalue weighted by molar-refractivity contribution is 0.643. The molecular weight excluding hydrogens is 324 g/mol. The van der Waals surface area contributed by atoms with Gasteiger partial charge in [0.15, 0.2) is 5.65 Å². The summed E-state index contributed by atoms with van der Waals surface area (Å²) in [6, 6.07) is 14.6. The van der Waals surface area contributed by atoms with Gasteiger partial charge in [-0.2, -0.15) is 0 Å². The Morgan fingerprint density at radius 2 is 1.69 bits per heavy atom. The SMILES string of the molecule is Cc1cn2nc(N3CCN(c4ccnc5ccccc45)CC3)ccc2n1. The summed E-state index contributed by atoms with van der Waals surface area (Å²) in [4.78, 5) is 13.7. The highest BCUT2D eigenvalue weighted by atomic mass is 15.4. The Labute approximate surface area is 151 Å². The molecule has 26 heavy (non-hydrogen) atoms. The molecule has 1 aliphatic rings. The standard InChI is InChI=1S/C20H20N6/c1-15-14-26-19(22-15)6-7-20(23-26)25-12-10-24(11-13-25)18-8-9-21-17-5-3-2-4-16(17)18/h2-9,14H,10-13H2,1H3. The first kappa shape index (κ1) is 15.1. The molecule has 0 atom stereocenters. The van der Waals surface area contributed by atoms with Gasteiger partial charge in [-0.3, -0.25) is 4.98 Å². The number of aromatic nitrogens is 4. The zero-order valence-corrected chi connectivity index (χ0v) is 14.7. The van der Waals surface area contributed by atoms with Crippen LogP contribution < -0.4 is 9.80 Å². The van der Waals surface area contributed by atoms with E-state index in [4.69, 9.17) is 5.10 Å². The summed E-state index contributed by atoms with van der Waals surface area (Å²) in [5.41, 5.74) is 4.20. The summed E-state index contributed by atoms with van der Waals surface area (Å²) < 4.78 is 1.87. The van der Waals surface area contributed by atoms with Gasteiger partial charge >= 0.3 is 0 Å². The molecule has 0 saturated carbocycles. The van der Waals surface area contributed by atoms with Crippen molar-refractivity contribution in [1.82, 2.24) is 19.6 Å². The first-order chi connectivity index (χ1) is 12.8. The number of pyridine rings is 1. The van der Waals surface area contributed by atoms with E-state index >= 15 is 0 Å².